The van der Waals surface area contributed by atoms with Crippen LogP contribution in [0.2, 0.25) is 0 Å². The van der Waals surface area contributed by atoms with Gasteiger partial charge in [0.15, 0.2) is 0 Å². The van der Waals surface area contributed by atoms with Gasteiger partial charge in [-0.05, 0) is 43.4 Å². The maximum atomic E-state index is 4.06. The molecule has 0 amide bonds. The number of nitrogens with zero attached hydrogens (tertiary/aromatic N) is 1. The molecule has 2 bridgehead atoms. The second-order valence-corrected chi connectivity index (χ2v) is 8.00. The van der Waals surface area contributed by atoms with Crippen molar-refractivity contribution >= 4 is 5.69 Å². The number of para-hydroxylation sites is 1. The second kappa shape index (κ2) is 3.08. The summed E-state index contributed by atoms with van der Waals surface area (Å²) in [5, 5.41) is 4.06. The van der Waals surface area contributed by atoms with Gasteiger partial charge in [-0.3, -0.25) is 4.90 Å². The van der Waals surface area contributed by atoms with Crippen molar-refractivity contribution in [3.63, 3.8) is 0 Å². The molecule has 1 saturated heterocycles. The largest absolute Gasteiger partial charge is 0.378 e. The highest BCUT2D eigenvalue weighted by atomic mass is 15.3. The predicted molar refractivity (Wildman–Crippen MR) is 84.4 cm³/mol. The first-order valence-electron chi connectivity index (χ1n) is 8.54. The summed E-state index contributed by atoms with van der Waals surface area (Å²) in [5.74, 6) is 0.738. The molecule has 1 N–H and O–H groups in total. The van der Waals surface area contributed by atoms with Gasteiger partial charge in [0.1, 0.15) is 0 Å². The van der Waals surface area contributed by atoms with Crippen LogP contribution in [0.25, 0.3) is 0 Å². The maximum Gasteiger partial charge on any atom is 0.0521 e. The molecule has 2 heteroatoms. The minimum absolute atomic E-state index is 0.310. The van der Waals surface area contributed by atoms with Gasteiger partial charge in [-0.15, -0.1) is 0 Å². The summed E-state index contributed by atoms with van der Waals surface area (Å²) in [6.45, 7) is 4.97. The van der Waals surface area contributed by atoms with Crippen molar-refractivity contribution < 1.29 is 0 Å². The highest BCUT2D eigenvalue weighted by Crippen LogP contribution is 2.77. The molecule has 1 aromatic rings. The lowest BCUT2D eigenvalue weighted by Crippen LogP contribution is -2.57. The lowest BCUT2D eigenvalue weighted by Gasteiger charge is -2.48. The molecule has 2 nitrogen and oxygen atoms in total. The van der Waals surface area contributed by atoms with E-state index < -0.39 is 0 Å². The van der Waals surface area contributed by atoms with E-state index in [1.807, 2.05) is 0 Å². The van der Waals surface area contributed by atoms with Crippen LogP contribution in [0.5, 0.6) is 0 Å². The van der Waals surface area contributed by atoms with Crippen molar-refractivity contribution in [3.05, 3.63) is 42.0 Å². The summed E-state index contributed by atoms with van der Waals surface area (Å²) in [5.41, 5.74) is 4.16. The molecule has 2 aliphatic carbocycles. The molecule has 108 valence electrons. The van der Waals surface area contributed by atoms with Crippen LogP contribution in [0.1, 0.15) is 31.7 Å². The van der Waals surface area contributed by atoms with Crippen LogP contribution < -0.4 is 5.32 Å². The first kappa shape index (κ1) is 11.3. The predicted octanol–water partition coefficient (Wildman–Crippen LogP) is 3.16. The topological polar surface area (TPSA) is 15.3 Å². The normalized spacial score (nSPS) is 51.7. The van der Waals surface area contributed by atoms with Crippen LogP contribution in [-0.2, 0) is 5.41 Å². The molecule has 5 aliphatic rings. The summed E-state index contributed by atoms with van der Waals surface area (Å²) in [4.78, 5) is 2.79. The van der Waals surface area contributed by atoms with E-state index in [4.69, 9.17) is 0 Å². The molecule has 0 aromatic heterocycles. The quantitative estimate of drug-likeness (QED) is 0.733. The van der Waals surface area contributed by atoms with Gasteiger partial charge in [0.05, 0.1) is 5.54 Å². The van der Waals surface area contributed by atoms with E-state index in [1.54, 1.807) is 5.56 Å². The van der Waals surface area contributed by atoms with Crippen LogP contribution in [0.4, 0.5) is 5.69 Å². The molecule has 3 aliphatic heterocycles. The average molecular weight is 278 g/mol. The number of fused-ring (bicyclic) bond motifs is 1. The molecule has 5 atom stereocenters. The van der Waals surface area contributed by atoms with Crippen molar-refractivity contribution in [2.45, 2.75) is 43.2 Å². The third kappa shape index (κ3) is 0.866. The Kier molecular flexibility index (Phi) is 1.66. The Balaban J connectivity index is 1.72. The Morgan fingerprint density at radius 2 is 2.10 bits per heavy atom. The van der Waals surface area contributed by atoms with Crippen LogP contribution in [0.15, 0.2) is 36.4 Å². The van der Waals surface area contributed by atoms with Gasteiger partial charge in [-0.2, -0.15) is 0 Å². The van der Waals surface area contributed by atoms with Crippen LogP contribution in [0.3, 0.4) is 0 Å². The molecular formula is C19H22N2. The zero-order valence-corrected chi connectivity index (χ0v) is 12.6. The third-order valence-corrected chi connectivity index (χ3v) is 7.96. The smallest absolute Gasteiger partial charge is 0.0521 e. The van der Waals surface area contributed by atoms with Crippen molar-refractivity contribution in [1.82, 2.24) is 4.90 Å². The van der Waals surface area contributed by atoms with E-state index in [2.05, 4.69) is 53.6 Å². The second-order valence-electron chi connectivity index (χ2n) is 8.00. The summed E-state index contributed by atoms with van der Waals surface area (Å²) < 4.78 is 0. The molecule has 1 aromatic carbocycles. The first-order valence-corrected chi connectivity index (χ1v) is 8.54. The fourth-order valence-corrected chi connectivity index (χ4v) is 7.40. The highest BCUT2D eigenvalue weighted by molar-refractivity contribution is 5.70. The van der Waals surface area contributed by atoms with Crippen LogP contribution in [0, 0.1) is 11.3 Å². The minimum atomic E-state index is 0.310. The van der Waals surface area contributed by atoms with E-state index in [-0.39, 0.29) is 0 Å². The third-order valence-electron chi connectivity index (χ3n) is 7.96. The SMILES string of the molecule is C[C@H]1[C@]23C=CCN4CC[C@@]5(c6ccccc6N[C@@]15CC2)[C@@H]43. The average Bonchev–Trinajstić information content (AvgIpc) is 3.17. The number of rotatable bonds is 0. The molecular weight excluding hydrogens is 256 g/mol. The molecule has 0 unspecified atom stereocenters. The van der Waals surface area contributed by atoms with Gasteiger partial charge in [0.2, 0.25) is 0 Å². The van der Waals surface area contributed by atoms with Gasteiger partial charge in [0.25, 0.3) is 0 Å². The zero-order chi connectivity index (χ0) is 13.9. The number of nitrogens with one attached hydrogen (secondary N) is 1. The number of hydrogen-bond acceptors (Lipinski definition) is 2. The lowest BCUT2D eigenvalue weighted by molar-refractivity contribution is 0.0998. The maximum absolute atomic E-state index is 4.06. The summed E-state index contributed by atoms with van der Waals surface area (Å²) in [7, 11) is 0. The van der Waals surface area contributed by atoms with Gasteiger partial charge in [-0.25, -0.2) is 0 Å². The minimum Gasteiger partial charge on any atom is -0.378 e. The van der Waals surface area contributed by atoms with E-state index in [0.717, 1.165) is 12.0 Å². The van der Waals surface area contributed by atoms with E-state index in [1.165, 1.54) is 38.0 Å². The van der Waals surface area contributed by atoms with Gasteiger partial charge in [-0.1, -0.05) is 37.3 Å². The molecule has 2 saturated carbocycles. The van der Waals surface area contributed by atoms with E-state index in [0.29, 0.717) is 16.4 Å². The van der Waals surface area contributed by atoms with Crippen LogP contribution >= 0.6 is 0 Å². The molecule has 6 rings (SSSR count). The fraction of sp³-hybridized carbons (Fsp3) is 0.579. The van der Waals surface area contributed by atoms with Gasteiger partial charge in [0, 0.05) is 29.1 Å². The molecule has 3 spiro atoms. The Bertz CT molecular complexity index is 695. The monoisotopic (exact) mass is 278 g/mol. The molecule has 3 fully saturated rings. The van der Waals surface area contributed by atoms with E-state index >= 15 is 0 Å². The van der Waals surface area contributed by atoms with Crippen molar-refractivity contribution in [3.8, 4) is 0 Å². The highest BCUT2D eigenvalue weighted by Gasteiger charge is 2.81. The van der Waals surface area contributed by atoms with E-state index in [9.17, 15) is 0 Å². The summed E-state index contributed by atoms with van der Waals surface area (Å²) in [6, 6.07) is 9.90. The van der Waals surface area contributed by atoms with Crippen molar-refractivity contribution in [2.75, 3.05) is 18.4 Å². The van der Waals surface area contributed by atoms with Gasteiger partial charge < -0.3 is 5.32 Å². The fourth-order valence-electron chi connectivity index (χ4n) is 7.40. The number of benzene rings is 1. The lowest BCUT2D eigenvalue weighted by atomic mass is 9.61. The summed E-state index contributed by atoms with van der Waals surface area (Å²) >= 11 is 0. The Hall–Kier alpha value is -1.28. The Morgan fingerprint density at radius 3 is 3.05 bits per heavy atom. The summed E-state index contributed by atoms with van der Waals surface area (Å²) in [6.07, 6.45) is 9.13. The Labute approximate surface area is 126 Å². The van der Waals surface area contributed by atoms with Crippen LogP contribution in [-0.4, -0.2) is 29.6 Å². The van der Waals surface area contributed by atoms with Crippen molar-refractivity contribution in [1.29, 1.82) is 0 Å². The standard InChI is InChI=1S/C19H22N2/c1-13-17-7-4-11-21-12-10-18(16(17)21)14-5-2-3-6-15(14)20-19(13,18)9-8-17/h2-7,13,16,20H,8-12H2,1H3/t13-,16-,17-,18+,19-/m0/s1. The Morgan fingerprint density at radius 1 is 1.19 bits per heavy atom. The number of hydrogen-bond donors (Lipinski definition) is 1. The first-order chi connectivity index (χ1) is 10.2. The molecule has 21 heavy (non-hydrogen) atoms. The van der Waals surface area contributed by atoms with Gasteiger partial charge >= 0.3 is 0 Å². The molecule has 0 radical (unpaired) electrons. The number of anilines is 1. The molecule has 3 heterocycles. The zero-order valence-electron chi connectivity index (χ0n) is 12.6. The van der Waals surface area contributed by atoms with Crippen molar-refractivity contribution in [2.24, 2.45) is 11.3 Å².